The van der Waals surface area contributed by atoms with Crippen molar-refractivity contribution in [3.63, 3.8) is 0 Å². The Morgan fingerprint density at radius 3 is 1.30 bits per heavy atom. The highest BCUT2D eigenvalue weighted by atomic mass is 28.3. The predicted octanol–water partition coefficient (Wildman–Crippen LogP) is 14.0. The van der Waals surface area contributed by atoms with Crippen LogP contribution in [0.5, 0.6) is 0 Å². The highest BCUT2D eigenvalue weighted by Gasteiger charge is 2.41. The van der Waals surface area contributed by atoms with E-state index in [1.165, 1.54) is 97.3 Å². The van der Waals surface area contributed by atoms with E-state index in [9.17, 15) is 0 Å². The summed E-state index contributed by atoms with van der Waals surface area (Å²) >= 11 is 0. The van der Waals surface area contributed by atoms with Gasteiger partial charge in [-0.2, -0.15) is 0 Å². The number of hydrogen-bond acceptors (Lipinski definition) is 0. The minimum Gasteiger partial charge on any atom is -0.309 e. The molecule has 3 heterocycles. The summed E-state index contributed by atoms with van der Waals surface area (Å²) in [5, 5.41) is 12.8. The Labute approximate surface area is 407 Å². The molecule has 14 aromatic rings. The van der Waals surface area contributed by atoms with Crippen LogP contribution in [0, 0.1) is 0 Å². The zero-order chi connectivity index (χ0) is 46.2. The van der Waals surface area contributed by atoms with Crippen molar-refractivity contribution in [2.75, 3.05) is 0 Å². The maximum absolute atomic E-state index is 2.78. The third-order valence-electron chi connectivity index (χ3n) is 14.8. The molecule has 0 atom stereocenters. The lowest BCUT2D eigenvalue weighted by atomic mass is 9.97. The SMILES string of the molecule is c1ccc(-n2c3ccccc3c3c(-c4cccc5c6ccccc6n(-c6ccc7c(c6)c6ccccc6n7-c6cccc([Si](c7ccccc7)(c7ccccc7)c7ccccc7)c6)c45)cccc32)cc1. The molecule has 70 heavy (non-hydrogen) atoms. The Morgan fingerprint density at radius 1 is 0.229 bits per heavy atom. The van der Waals surface area contributed by atoms with Crippen LogP contribution >= 0.6 is 0 Å². The number of benzene rings is 11. The molecule has 0 unspecified atom stereocenters. The maximum Gasteiger partial charge on any atom is 0.179 e. The monoisotopic (exact) mass is 907 g/mol. The van der Waals surface area contributed by atoms with Crippen molar-refractivity contribution in [3.05, 3.63) is 273 Å². The third-order valence-corrected chi connectivity index (χ3v) is 19.5. The topological polar surface area (TPSA) is 14.8 Å². The predicted molar refractivity (Wildman–Crippen MR) is 299 cm³/mol. The molecule has 0 bridgehead atoms. The lowest BCUT2D eigenvalue weighted by Gasteiger charge is -2.34. The minimum atomic E-state index is -2.78. The lowest BCUT2D eigenvalue weighted by molar-refractivity contribution is 1.17. The van der Waals surface area contributed by atoms with Crippen LogP contribution in [0.15, 0.2) is 273 Å². The van der Waals surface area contributed by atoms with E-state index in [1.54, 1.807) is 0 Å². The van der Waals surface area contributed by atoms with Gasteiger partial charge in [-0.1, -0.05) is 206 Å². The van der Waals surface area contributed by atoms with Gasteiger partial charge in [-0.05, 0) is 93.0 Å². The fourth-order valence-electron chi connectivity index (χ4n) is 11.9. The number of nitrogens with zero attached hydrogens (tertiary/aromatic N) is 3. The molecule has 4 heteroatoms. The van der Waals surface area contributed by atoms with Crippen LogP contribution in [0.25, 0.3) is 93.6 Å². The summed E-state index contributed by atoms with van der Waals surface area (Å²) in [4.78, 5) is 0. The van der Waals surface area contributed by atoms with Crippen LogP contribution < -0.4 is 20.7 Å². The van der Waals surface area contributed by atoms with E-state index in [2.05, 4.69) is 287 Å². The summed E-state index contributed by atoms with van der Waals surface area (Å²) in [6.45, 7) is 0. The quantitative estimate of drug-likeness (QED) is 0.107. The van der Waals surface area contributed by atoms with Gasteiger partial charge in [0.05, 0.1) is 33.1 Å². The molecule has 0 amide bonds. The van der Waals surface area contributed by atoms with Crippen molar-refractivity contribution >= 4 is 94.2 Å². The molecule has 0 saturated carbocycles. The van der Waals surface area contributed by atoms with Crippen molar-refractivity contribution in [1.82, 2.24) is 13.7 Å². The number of fused-ring (bicyclic) bond motifs is 9. The van der Waals surface area contributed by atoms with Gasteiger partial charge in [0.25, 0.3) is 0 Å². The van der Waals surface area contributed by atoms with Gasteiger partial charge in [0.15, 0.2) is 8.07 Å². The first-order valence-corrected chi connectivity index (χ1v) is 26.2. The highest BCUT2D eigenvalue weighted by Crippen LogP contribution is 2.44. The molecule has 0 radical (unpaired) electrons. The summed E-state index contributed by atoms with van der Waals surface area (Å²) < 4.78 is 7.41. The molecule has 0 aliphatic carbocycles. The minimum absolute atomic E-state index is 1.13. The number of para-hydroxylation sites is 5. The molecule has 11 aromatic carbocycles. The van der Waals surface area contributed by atoms with E-state index in [1.807, 2.05) is 0 Å². The second kappa shape index (κ2) is 16.1. The largest absolute Gasteiger partial charge is 0.309 e. The van der Waals surface area contributed by atoms with Gasteiger partial charge in [-0.15, -0.1) is 0 Å². The van der Waals surface area contributed by atoms with Crippen LogP contribution in [-0.4, -0.2) is 21.8 Å². The van der Waals surface area contributed by atoms with Crippen LogP contribution in [0.4, 0.5) is 0 Å². The number of aromatic nitrogens is 3. The maximum atomic E-state index is 2.51. The smallest absolute Gasteiger partial charge is 0.179 e. The van der Waals surface area contributed by atoms with E-state index < -0.39 is 8.07 Å². The Hall–Kier alpha value is -8.96. The van der Waals surface area contributed by atoms with E-state index >= 15 is 0 Å². The summed E-state index contributed by atoms with van der Waals surface area (Å²) in [6, 6.07) is 101. The normalized spacial score (nSPS) is 12.0. The molecule has 0 aliphatic heterocycles. The van der Waals surface area contributed by atoms with E-state index in [0.29, 0.717) is 0 Å². The molecular formula is C66H45N3Si. The molecule has 14 rings (SSSR count). The van der Waals surface area contributed by atoms with Crippen molar-refractivity contribution in [3.8, 4) is 28.2 Å². The molecule has 0 saturated heterocycles. The number of hydrogen-bond donors (Lipinski definition) is 0. The average molecular weight is 908 g/mol. The van der Waals surface area contributed by atoms with Crippen molar-refractivity contribution in [2.24, 2.45) is 0 Å². The second-order valence-corrected chi connectivity index (χ2v) is 22.2. The Bertz CT molecular complexity index is 4180. The van der Waals surface area contributed by atoms with Gasteiger partial charge in [0.2, 0.25) is 0 Å². The first-order valence-electron chi connectivity index (χ1n) is 24.2. The van der Waals surface area contributed by atoms with Gasteiger partial charge < -0.3 is 13.7 Å². The Kier molecular flexibility index (Phi) is 9.23. The molecular weight excluding hydrogens is 863 g/mol. The number of rotatable bonds is 8. The fraction of sp³-hybridized carbons (Fsp3) is 0. The van der Waals surface area contributed by atoms with E-state index in [4.69, 9.17) is 0 Å². The van der Waals surface area contributed by atoms with Crippen molar-refractivity contribution < 1.29 is 0 Å². The molecule has 3 nitrogen and oxygen atoms in total. The third kappa shape index (κ3) is 5.94. The molecule has 0 aliphatic rings. The molecule has 0 spiro atoms. The van der Waals surface area contributed by atoms with Gasteiger partial charge in [0, 0.05) is 54.9 Å². The average Bonchev–Trinajstić information content (AvgIpc) is 4.08. The molecule has 0 fully saturated rings. The van der Waals surface area contributed by atoms with Gasteiger partial charge in [-0.3, -0.25) is 0 Å². The summed E-state index contributed by atoms with van der Waals surface area (Å²) in [7, 11) is -2.78. The van der Waals surface area contributed by atoms with E-state index in [-0.39, 0.29) is 0 Å². The molecule has 3 aromatic heterocycles. The zero-order valence-electron chi connectivity index (χ0n) is 38.3. The van der Waals surface area contributed by atoms with Crippen LogP contribution in [0.2, 0.25) is 0 Å². The first-order chi connectivity index (χ1) is 34.8. The van der Waals surface area contributed by atoms with Gasteiger partial charge >= 0.3 is 0 Å². The van der Waals surface area contributed by atoms with Gasteiger partial charge in [-0.25, -0.2) is 0 Å². The van der Waals surface area contributed by atoms with Crippen LogP contribution in [-0.2, 0) is 0 Å². The molecule has 0 N–H and O–H groups in total. The Morgan fingerprint density at radius 2 is 0.643 bits per heavy atom. The summed E-state index contributed by atoms with van der Waals surface area (Å²) in [5.74, 6) is 0. The van der Waals surface area contributed by atoms with Crippen molar-refractivity contribution in [1.29, 1.82) is 0 Å². The second-order valence-electron chi connectivity index (χ2n) is 18.4. The van der Waals surface area contributed by atoms with Crippen LogP contribution in [0.3, 0.4) is 0 Å². The zero-order valence-corrected chi connectivity index (χ0v) is 39.3. The molecule has 328 valence electrons. The highest BCUT2D eigenvalue weighted by molar-refractivity contribution is 7.19. The lowest BCUT2D eigenvalue weighted by Crippen LogP contribution is -2.74. The van der Waals surface area contributed by atoms with E-state index in [0.717, 1.165) is 17.1 Å². The Balaban J connectivity index is 1.00. The summed E-state index contributed by atoms with van der Waals surface area (Å²) in [5.41, 5.74) is 13.0. The standard InChI is InChI=1S/C66H45N3Si/c1-5-22-46(23-6-1)67-62-40-18-15-34-58(62)65-55(35-21-41-64(65)67)57-37-20-36-56-53-32-13-17-39-61(53)69(66(56)57)48-42-43-63-59(45-48)54-33-14-16-38-60(54)68(63)47-24-19-31-52(44-47)70(49-25-7-2-8-26-49,50-27-9-3-10-28-50)51-29-11-4-12-30-51/h1-45H. The summed E-state index contributed by atoms with van der Waals surface area (Å²) in [6.07, 6.45) is 0. The van der Waals surface area contributed by atoms with Crippen molar-refractivity contribution in [2.45, 2.75) is 0 Å². The fourth-order valence-corrected chi connectivity index (χ4v) is 16.7. The first kappa shape index (κ1) is 40.1. The van der Waals surface area contributed by atoms with Crippen LogP contribution in [0.1, 0.15) is 0 Å². The van der Waals surface area contributed by atoms with Gasteiger partial charge in [0.1, 0.15) is 0 Å².